The Kier molecular flexibility index (Phi) is 4.61. The number of rotatable bonds is 5. The molecule has 0 aliphatic carbocycles. The number of aromatic nitrogens is 3. The van der Waals surface area contributed by atoms with Gasteiger partial charge in [-0.3, -0.25) is 14.9 Å². The van der Waals surface area contributed by atoms with Gasteiger partial charge in [-0.15, -0.1) is 0 Å². The lowest BCUT2D eigenvalue weighted by atomic mass is 10.3. The van der Waals surface area contributed by atoms with Gasteiger partial charge in [0.15, 0.2) is 0 Å². The molecule has 0 spiro atoms. The van der Waals surface area contributed by atoms with Crippen LogP contribution in [0.4, 0.5) is 5.13 Å². The maximum atomic E-state index is 11.2. The van der Waals surface area contributed by atoms with E-state index in [9.17, 15) is 9.59 Å². The Balaban J connectivity index is 2.22. The molecule has 1 N–H and O–H groups in total. The highest BCUT2D eigenvalue weighted by Gasteiger charge is 2.09. The van der Waals surface area contributed by atoms with Crippen molar-refractivity contribution >= 4 is 28.5 Å². The molecule has 0 aliphatic heterocycles. The number of hydrogen-bond donors (Lipinski definition) is 1. The third kappa shape index (κ3) is 4.45. The molecule has 0 atom stereocenters. The standard InChI is InChI=1S/C7H10N4O3S/c1-2-14-6(13)4-3-5(12)8-7-9-10-11-15-7/h2-4H2,1H3,(H,8,9,11,12). The Morgan fingerprint density at radius 2 is 2.27 bits per heavy atom. The molecule has 0 radical (unpaired) electrons. The first-order chi connectivity index (χ1) is 7.22. The van der Waals surface area contributed by atoms with Crippen molar-refractivity contribution in [3.05, 3.63) is 0 Å². The number of amides is 1. The summed E-state index contributed by atoms with van der Waals surface area (Å²) < 4.78 is 8.14. The van der Waals surface area contributed by atoms with E-state index in [1.807, 2.05) is 0 Å². The second-order valence-electron chi connectivity index (χ2n) is 2.52. The van der Waals surface area contributed by atoms with Crippen molar-refractivity contribution < 1.29 is 14.3 Å². The summed E-state index contributed by atoms with van der Waals surface area (Å²) in [7, 11) is 0. The van der Waals surface area contributed by atoms with Gasteiger partial charge in [0.2, 0.25) is 11.0 Å². The maximum Gasteiger partial charge on any atom is 0.306 e. The van der Waals surface area contributed by atoms with E-state index < -0.39 is 0 Å². The molecule has 0 aliphatic rings. The Morgan fingerprint density at radius 1 is 1.47 bits per heavy atom. The van der Waals surface area contributed by atoms with E-state index in [4.69, 9.17) is 0 Å². The van der Waals surface area contributed by atoms with Crippen LogP contribution >= 0.6 is 11.5 Å². The van der Waals surface area contributed by atoms with Crippen molar-refractivity contribution in [1.29, 1.82) is 0 Å². The third-order valence-electron chi connectivity index (χ3n) is 1.41. The highest BCUT2D eigenvalue weighted by Crippen LogP contribution is 2.05. The van der Waals surface area contributed by atoms with Crippen molar-refractivity contribution in [3.63, 3.8) is 0 Å². The minimum absolute atomic E-state index is 0.0614. The highest BCUT2D eigenvalue weighted by atomic mass is 32.1. The topological polar surface area (TPSA) is 94.1 Å². The monoisotopic (exact) mass is 230 g/mol. The quantitative estimate of drug-likeness (QED) is 0.727. The average molecular weight is 230 g/mol. The molecule has 1 aromatic rings. The minimum Gasteiger partial charge on any atom is -0.466 e. The number of esters is 1. The molecule has 1 rings (SSSR count). The minimum atomic E-state index is -0.386. The molecule has 0 saturated heterocycles. The van der Waals surface area contributed by atoms with Crippen LogP contribution in [-0.2, 0) is 14.3 Å². The molecule has 0 bridgehead atoms. The fraction of sp³-hybridized carbons (Fsp3) is 0.571. The molecule has 7 nitrogen and oxygen atoms in total. The SMILES string of the molecule is CCOC(=O)CCC(=O)Nc1nnns1. The first-order valence-electron chi connectivity index (χ1n) is 4.33. The van der Waals surface area contributed by atoms with Crippen LogP contribution in [0.25, 0.3) is 0 Å². The number of carbonyl (C=O) groups excluding carboxylic acids is 2. The van der Waals surface area contributed by atoms with Gasteiger partial charge in [0, 0.05) is 18.0 Å². The van der Waals surface area contributed by atoms with Gasteiger partial charge < -0.3 is 4.74 Å². The summed E-state index contributed by atoms with van der Waals surface area (Å²) in [5.41, 5.74) is 0. The lowest BCUT2D eigenvalue weighted by Crippen LogP contribution is -2.14. The number of ether oxygens (including phenoxy) is 1. The van der Waals surface area contributed by atoms with Gasteiger partial charge in [-0.25, -0.2) is 0 Å². The van der Waals surface area contributed by atoms with Crippen LogP contribution in [0, 0.1) is 0 Å². The molecule has 0 unspecified atom stereocenters. The number of nitrogens with one attached hydrogen (secondary N) is 1. The normalized spacial score (nSPS) is 9.67. The third-order valence-corrected chi connectivity index (χ3v) is 1.92. The molecule has 0 fully saturated rings. The van der Waals surface area contributed by atoms with E-state index in [1.54, 1.807) is 6.92 Å². The van der Waals surface area contributed by atoms with Crippen molar-refractivity contribution in [3.8, 4) is 0 Å². The zero-order valence-corrected chi connectivity index (χ0v) is 8.91. The van der Waals surface area contributed by atoms with E-state index in [0.29, 0.717) is 11.7 Å². The molecule has 15 heavy (non-hydrogen) atoms. The van der Waals surface area contributed by atoms with Crippen molar-refractivity contribution in [2.45, 2.75) is 19.8 Å². The Labute approximate surface area is 90.0 Å². The number of carbonyl (C=O) groups is 2. The summed E-state index contributed by atoms with van der Waals surface area (Å²) in [5.74, 6) is -0.690. The van der Waals surface area contributed by atoms with Gasteiger partial charge in [0.05, 0.1) is 13.0 Å². The van der Waals surface area contributed by atoms with E-state index in [0.717, 1.165) is 11.5 Å². The van der Waals surface area contributed by atoms with Crippen molar-refractivity contribution in [2.75, 3.05) is 11.9 Å². The number of anilines is 1. The lowest BCUT2D eigenvalue weighted by molar-refractivity contribution is -0.144. The first-order valence-corrected chi connectivity index (χ1v) is 5.10. The van der Waals surface area contributed by atoms with Gasteiger partial charge >= 0.3 is 5.97 Å². The van der Waals surface area contributed by atoms with Gasteiger partial charge in [-0.2, -0.15) is 0 Å². The molecule has 1 amide bonds. The van der Waals surface area contributed by atoms with Crippen LogP contribution in [0.5, 0.6) is 0 Å². The van der Waals surface area contributed by atoms with E-state index in [2.05, 4.69) is 24.9 Å². The Hall–Kier alpha value is -1.57. The molecule has 0 aromatic carbocycles. The maximum absolute atomic E-state index is 11.2. The smallest absolute Gasteiger partial charge is 0.306 e. The molecular formula is C7H10N4O3S. The van der Waals surface area contributed by atoms with Crippen LogP contribution in [-0.4, -0.2) is 33.3 Å². The fourth-order valence-corrected chi connectivity index (χ4v) is 1.20. The Morgan fingerprint density at radius 3 is 2.87 bits per heavy atom. The fourth-order valence-electron chi connectivity index (χ4n) is 0.812. The molecule has 82 valence electrons. The average Bonchev–Trinajstić information content (AvgIpc) is 2.68. The second-order valence-corrected chi connectivity index (χ2v) is 3.25. The van der Waals surface area contributed by atoms with Gasteiger partial charge in [0.25, 0.3) is 0 Å². The first kappa shape index (κ1) is 11.5. The summed E-state index contributed by atoms with van der Waals surface area (Å²) in [4.78, 5) is 22.1. The zero-order valence-electron chi connectivity index (χ0n) is 8.10. The van der Waals surface area contributed by atoms with Crippen molar-refractivity contribution in [1.82, 2.24) is 14.8 Å². The van der Waals surface area contributed by atoms with E-state index in [-0.39, 0.29) is 24.7 Å². The molecule has 1 heterocycles. The van der Waals surface area contributed by atoms with Crippen LogP contribution in [0.1, 0.15) is 19.8 Å². The van der Waals surface area contributed by atoms with Gasteiger partial charge in [0.1, 0.15) is 0 Å². The summed E-state index contributed by atoms with van der Waals surface area (Å²) in [6, 6.07) is 0. The molecular weight excluding hydrogens is 220 g/mol. The summed E-state index contributed by atoms with van der Waals surface area (Å²) >= 11 is 0.975. The number of hydrogen-bond acceptors (Lipinski definition) is 7. The molecule has 0 saturated carbocycles. The van der Waals surface area contributed by atoms with Crippen LogP contribution in [0.3, 0.4) is 0 Å². The van der Waals surface area contributed by atoms with E-state index >= 15 is 0 Å². The largest absolute Gasteiger partial charge is 0.466 e. The summed E-state index contributed by atoms with van der Waals surface area (Å²) in [5, 5.41) is 9.62. The zero-order chi connectivity index (χ0) is 11.1. The summed E-state index contributed by atoms with van der Waals surface area (Å²) in [6.45, 7) is 2.03. The molecule has 1 aromatic heterocycles. The van der Waals surface area contributed by atoms with Crippen LogP contribution < -0.4 is 5.32 Å². The predicted molar refractivity (Wildman–Crippen MR) is 52.2 cm³/mol. The molecule has 8 heteroatoms. The summed E-state index contributed by atoms with van der Waals surface area (Å²) in [6.07, 6.45) is 0.129. The van der Waals surface area contributed by atoms with Gasteiger partial charge in [-0.05, 0) is 12.1 Å². The van der Waals surface area contributed by atoms with Crippen LogP contribution in [0.15, 0.2) is 0 Å². The predicted octanol–water partition coefficient (Wildman–Crippen LogP) is 0.215. The van der Waals surface area contributed by atoms with Crippen LogP contribution in [0.2, 0.25) is 0 Å². The van der Waals surface area contributed by atoms with Gasteiger partial charge in [-0.1, -0.05) is 9.59 Å². The number of nitrogens with zero attached hydrogens (tertiary/aromatic N) is 3. The second kappa shape index (κ2) is 6.02. The Bertz CT molecular complexity index is 327. The highest BCUT2D eigenvalue weighted by molar-refractivity contribution is 7.09. The van der Waals surface area contributed by atoms with E-state index in [1.165, 1.54) is 0 Å². The van der Waals surface area contributed by atoms with Crippen molar-refractivity contribution in [2.24, 2.45) is 0 Å². The lowest BCUT2D eigenvalue weighted by Gasteiger charge is -2.01.